The van der Waals surface area contributed by atoms with Crippen molar-refractivity contribution in [2.75, 3.05) is 5.32 Å². The van der Waals surface area contributed by atoms with Crippen molar-refractivity contribution in [1.82, 2.24) is 0 Å². The maximum atomic E-state index is 12.4. The molecular weight excluding hydrogens is 294 g/mol. The zero-order valence-corrected chi connectivity index (χ0v) is 13.4. The summed E-state index contributed by atoms with van der Waals surface area (Å²) in [6, 6.07) is 5.41. The third kappa shape index (κ3) is 2.76. The van der Waals surface area contributed by atoms with E-state index in [1.165, 1.54) is 0 Å². The summed E-state index contributed by atoms with van der Waals surface area (Å²) >= 11 is 0. The zero-order chi connectivity index (χ0) is 16.8. The lowest BCUT2D eigenvalue weighted by Gasteiger charge is -2.10. The van der Waals surface area contributed by atoms with Gasteiger partial charge in [-0.05, 0) is 42.4 Å². The highest BCUT2D eigenvalue weighted by Crippen LogP contribution is 2.58. The Bertz CT molecular complexity index is 692. The van der Waals surface area contributed by atoms with Crippen LogP contribution in [-0.4, -0.2) is 22.8 Å². The van der Waals surface area contributed by atoms with Gasteiger partial charge in [0.2, 0.25) is 5.91 Å². The van der Waals surface area contributed by atoms with Crippen LogP contribution in [0, 0.1) is 17.3 Å². The molecule has 0 spiro atoms. The van der Waals surface area contributed by atoms with Gasteiger partial charge in [0.25, 0.3) is 0 Å². The molecule has 0 bridgehead atoms. The zero-order valence-electron chi connectivity index (χ0n) is 13.4. The number of aliphatic carboxylic acids is 1. The first kappa shape index (κ1) is 15.7. The number of carbonyl (C=O) groups is 3. The Hall–Kier alpha value is -2.17. The average Bonchev–Trinajstić information content (AvgIpc) is 3.11. The Morgan fingerprint density at radius 2 is 1.87 bits per heavy atom. The lowest BCUT2D eigenvalue weighted by molar-refractivity contribution is -0.140. The van der Waals surface area contributed by atoms with Gasteiger partial charge in [-0.1, -0.05) is 19.9 Å². The molecule has 23 heavy (non-hydrogen) atoms. The molecule has 0 radical (unpaired) electrons. The lowest BCUT2D eigenvalue weighted by Crippen LogP contribution is -2.18. The van der Waals surface area contributed by atoms with Crippen LogP contribution in [0.3, 0.4) is 0 Å². The van der Waals surface area contributed by atoms with E-state index in [2.05, 4.69) is 5.32 Å². The van der Waals surface area contributed by atoms with Gasteiger partial charge < -0.3 is 10.4 Å². The van der Waals surface area contributed by atoms with Gasteiger partial charge in [0.05, 0.1) is 11.8 Å². The van der Waals surface area contributed by atoms with E-state index < -0.39 is 23.2 Å². The number of carbonyl (C=O) groups excluding carboxylic acids is 2. The molecule has 1 aromatic carbocycles. The Balaban J connectivity index is 1.78. The topological polar surface area (TPSA) is 83.5 Å². The van der Waals surface area contributed by atoms with Crippen molar-refractivity contribution >= 4 is 23.3 Å². The maximum absolute atomic E-state index is 12.4. The van der Waals surface area contributed by atoms with Crippen molar-refractivity contribution in [1.29, 1.82) is 0 Å². The summed E-state index contributed by atoms with van der Waals surface area (Å²) in [6.45, 7) is 3.58. The van der Waals surface area contributed by atoms with Gasteiger partial charge in [-0.25, -0.2) is 0 Å². The number of fused-ring (bicyclic) bond motifs is 1. The summed E-state index contributed by atoms with van der Waals surface area (Å²) in [5, 5.41) is 12.0. The first-order chi connectivity index (χ1) is 10.8. The molecule has 2 atom stereocenters. The predicted molar refractivity (Wildman–Crippen MR) is 85.4 cm³/mol. The van der Waals surface area contributed by atoms with Crippen molar-refractivity contribution in [2.45, 2.75) is 39.5 Å². The Morgan fingerprint density at radius 3 is 2.52 bits per heavy atom. The Morgan fingerprint density at radius 1 is 1.17 bits per heavy atom. The Kier molecular flexibility index (Phi) is 3.74. The molecule has 5 nitrogen and oxygen atoms in total. The third-order valence-corrected chi connectivity index (χ3v) is 5.15. The van der Waals surface area contributed by atoms with Gasteiger partial charge in [0.1, 0.15) is 0 Å². The molecule has 1 saturated carbocycles. The largest absolute Gasteiger partial charge is 0.481 e. The molecule has 1 aromatic rings. The minimum atomic E-state index is -0.938. The number of carboxylic acid groups (broad SMARTS) is 1. The molecule has 2 N–H and O–H groups in total. The first-order valence-electron chi connectivity index (χ1n) is 8.02. The maximum Gasteiger partial charge on any atom is 0.307 e. The van der Waals surface area contributed by atoms with Crippen LogP contribution in [0.5, 0.6) is 0 Å². The fourth-order valence-electron chi connectivity index (χ4n) is 3.68. The van der Waals surface area contributed by atoms with E-state index in [9.17, 15) is 19.5 Å². The van der Waals surface area contributed by atoms with Gasteiger partial charge in [-0.2, -0.15) is 0 Å². The van der Waals surface area contributed by atoms with Crippen molar-refractivity contribution in [3.63, 3.8) is 0 Å². The fraction of sp³-hybridized carbons (Fsp3) is 0.500. The number of rotatable bonds is 3. The van der Waals surface area contributed by atoms with Crippen LogP contribution in [0.25, 0.3) is 0 Å². The van der Waals surface area contributed by atoms with Crippen molar-refractivity contribution in [3.05, 3.63) is 29.3 Å². The number of amides is 1. The number of hydrogen-bond acceptors (Lipinski definition) is 3. The second-order valence-electron chi connectivity index (χ2n) is 7.11. The van der Waals surface area contributed by atoms with Crippen LogP contribution in [-0.2, 0) is 16.0 Å². The SMILES string of the molecule is CC1(C)[C@H](C(=O)O)[C@@H]1C(=O)Nc1ccc2c(c1)C(=O)CCCC2. The van der Waals surface area contributed by atoms with Crippen LogP contribution in [0.1, 0.15) is 49.0 Å². The molecule has 2 aliphatic rings. The normalized spacial score (nSPS) is 25.2. The smallest absolute Gasteiger partial charge is 0.307 e. The average molecular weight is 315 g/mol. The van der Waals surface area contributed by atoms with Gasteiger partial charge in [0, 0.05) is 17.7 Å². The van der Waals surface area contributed by atoms with Crippen molar-refractivity contribution < 1.29 is 19.5 Å². The number of hydrogen-bond donors (Lipinski definition) is 2. The monoisotopic (exact) mass is 315 g/mol. The van der Waals surface area contributed by atoms with Crippen molar-refractivity contribution in [3.8, 4) is 0 Å². The summed E-state index contributed by atoms with van der Waals surface area (Å²) in [5.74, 6) is -2.29. The molecular formula is C18H21NO4. The molecule has 122 valence electrons. The summed E-state index contributed by atoms with van der Waals surface area (Å²) in [6.07, 6.45) is 3.32. The second-order valence-corrected chi connectivity index (χ2v) is 7.11. The van der Waals surface area contributed by atoms with E-state index in [0.717, 1.165) is 24.8 Å². The molecule has 2 aliphatic carbocycles. The Labute approximate surface area is 135 Å². The van der Waals surface area contributed by atoms with Crippen LogP contribution in [0.15, 0.2) is 18.2 Å². The molecule has 0 aromatic heterocycles. The highest BCUT2D eigenvalue weighted by atomic mass is 16.4. The molecule has 0 heterocycles. The summed E-state index contributed by atoms with van der Waals surface area (Å²) < 4.78 is 0. The van der Waals surface area contributed by atoms with Gasteiger partial charge in [-0.3, -0.25) is 14.4 Å². The molecule has 0 saturated heterocycles. The number of benzene rings is 1. The molecule has 3 rings (SSSR count). The van der Waals surface area contributed by atoms with E-state index in [4.69, 9.17) is 0 Å². The van der Waals surface area contributed by atoms with Crippen LogP contribution in [0.2, 0.25) is 0 Å². The number of aryl methyl sites for hydroxylation is 1. The molecule has 1 fully saturated rings. The van der Waals surface area contributed by atoms with E-state index in [1.807, 2.05) is 6.07 Å². The van der Waals surface area contributed by atoms with Crippen molar-refractivity contribution in [2.24, 2.45) is 17.3 Å². The minimum Gasteiger partial charge on any atom is -0.481 e. The number of carboxylic acids is 1. The lowest BCUT2D eigenvalue weighted by atomic mass is 10.0. The van der Waals surface area contributed by atoms with E-state index in [-0.39, 0.29) is 11.7 Å². The summed E-state index contributed by atoms with van der Waals surface area (Å²) in [4.78, 5) is 35.7. The van der Waals surface area contributed by atoms with Crippen LogP contribution in [0.4, 0.5) is 5.69 Å². The molecule has 1 amide bonds. The molecule has 5 heteroatoms. The second kappa shape index (κ2) is 5.48. The van der Waals surface area contributed by atoms with Gasteiger partial charge >= 0.3 is 5.97 Å². The first-order valence-corrected chi connectivity index (χ1v) is 8.02. The highest BCUT2D eigenvalue weighted by molar-refractivity contribution is 6.02. The van der Waals surface area contributed by atoms with Crippen LogP contribution >= 0.6 is 0 Å². The third-order valence-electron chi connectivity index (χ3n) is 5.15. The van der Waals surface area contributed by atoms with E-state index in [0.29, 0.717) is 17.7 Å². The summed E-state index contributed by atoms with van der Waals surface area (Å²) in [5.41, 5.74) is 1.75. The highest BCUT2D eigenvalue weighted by Gasteiger charge is 2.65. The number of Topliss-reactive ketones (excluding diaryl/α,β-unsaturated/α-hetero) is 1. The van der Waals surface area contributed by atoms with Crippen LogP contribution < -0.4 is 5.32 Å². The number of ketones is 1. The van der Waals surface area contributed by atoms with Gasteiger partial charge in [-0.15, -0.1) is 0 Å². The summed E-state index contributed by atoms with van der Waals surface area (Å²) in [7, 11) is 0. The van der Waals surface area contributed by atoms with Gasteiger partial charge in [0.15, 0.2) is 5.78 Å². The number of nitrogens with one attached hydrogen (secondary N) is 1. The molecule has 0 aliphatic heterocycles. The predicted octanol–water partition coefficient (Wildman–Crippen LogP) is 2.89. The molecule has 0 unspecified atom stereocenters. The fourth-order valence-corrected chi connectivity index (χ4v) is 3.68. The quantitative estimate of drug-likeness (QED) is 0.840. The minimum absolute atomic E-state index is 0.115. The standard InChI is InChI=1S/C18H21NO4/c1-18(2)14(15(18)17(22)23)16(21)19-11-8-7-10-5-3-4-6-13(20)12(10)9-11/h7-9,14-15H,3-6H2,1-2H3,(H,19,21)(H,22,23)/t14-,15+/m1/s1. The van der Waals surface area contributed by atoms with E-state index >= 15 is 0 Å². The van der Waals surface area contributed by atoms with E-state index in [1.54, 1.807) is 26.0 Å². The number of anilines is 1.